The number of nitrogens with one attached hydrogen (secondary N) is 8. The topological polar surface area (TPSA) is 341 Å². The van der Waals surface area contributed by atoms with Crippen molar-refractivity contribution in [2.45, 2.75) is 194 Å². The molecule has 26 heteroatoms. The molecule has 0 saturated carbocycles. The second-order valence-corrected chi connectivity index (χ2v) is 26.7. The molecule has 4 rings (SSSR count). The third-order valence-corrected chi connectivity index (χ3v) is 18.4. The van der Waals surface area contributed by atoms with E-state index in [9.17, 15) is 52.7 Å². The third kappa shape index (κ3) is 24.2. The highest BCUT2D eigenvalue weighted by Gasteiger charge is 2.44. The summed E-state index contributed by atoms with van der Waals surface area (Å²) < 4.78 is 12.2. The lowest BCUT2D eigenvalue weighted by molar-refractivity contribution is -0.148. The summed E-state index contributed by atoms with van der Waals surface area (Å²) in [6.45, 7) is 18.3. The Bertz CT molecular complexity index is 2840. The van der Waals surface area contributed by atoms with Gasteiger partial charge < -0.3 is 72.4 Å². The van der Waals surface area contributed by atoms with Crippen molar-refractivity contribution in [3.05, 3.63) is 65.7 Å². The number of urea groups is 1. The fourth-order valence-corrected chi connectivity index (χ4v) is 12.8. The molecule has 26 nitrogen and oxygen atoms in total. The number of benzene rings is 2. The number of likely N-dealkylation sites (N-methyl/N-ethyl adjacent to an activating group) is 2. The third-order valence-electron chi connectivity index (χ3n) is 18.4. The van der Waals surface area contributed by atoms with Crippen molar-refractivity contribution in [2.75, 3.05) is 73.9 Å². The van der Waals surface area contributed by atoms with Gasteiger partial charge in [-0.15, -0.1) is 0 Å². The first-order valence-corrected chi connectivity index (χ1v) is 33.7. The Morgan fingerprint density at radius 2 is 1.28 bits per heavy atom. The predicted octanol–water partition coefficient (Wildman–Crippen LogP) is 3.45. The molecule has 95 heavy (non-hydrogen) atoms. The molecule has 0 spiro atoms. The molecule has 12 amide bonds. The number of rotatable bonds is 37. The molecule has 10 N–H and O–H groups in total. The average molecular weight is 1330 g/mol. The minimum absolute atomic E-state index is 0.00623. The molecule has 2 aliphatic rings. The number of nitrogens with two attached hydrogens (primary N) is 1. The zero-order valence-corrected chi connectivity index (χ0v) is 58.8. The maximum atomic E-state index is 14.6. The van der Waals surface area contributed by atoms with Crippen LogP contribution in [0.3, 0.4) is 0 Å². The Hall–Kier alpha value is -7.71. The number of carbonyl (C=O) groups is 11. The highest BCUT2D eigenvalue weighted by Crippen LogP contribution is 2.30. The zero-order valence-electron chi connectivity index (χ0n) is 58.8. The van der Waals surface area contributed by atoms with Crippen LogP contribution in [0.25, 0.3) is 0 Å². The fourth-order valence-electron chi connectivity index (χ4n) is 12.8. The van der Waals surface area contributed by atoms with Crippen LogP contribution in [0.4, 0.5) is 10.5 Å². The predicted molar refractivity (Wildman–Crippen MR) is 362 cm³/mol. The molecule has 2 aliphatic heterocycles. The minimum Gasteiger partial charge on any atom is -0.379 e. The van der Waals surface area contributed by atoms with Gasteiger partial charge in [-0.1, -0.05) is 111 Å². The molecule has 0 radical (unpaired) electrons. The number of anilines is 1. The van der Waals surface area contributed by atoms with Gasteiger partial charge in [-0.05, 0) is 99.6 Å². The number of piperidine rings is 1. The highest BCUT2D eigenvalue weighted by atomic mass is 16.5. The molecule has 0 aromatic heterocycles. The molecule has 2 saturated heterocycles. The summed E-state index contributed by atoms with van der Waals surface area (Å²) in [6, 6.07) is 9.58. The summed E-state index contributed by atoms with van der Waals surface area (Å²) in [5.41, 5.74) is 7.08. The van der Waals surface area contributed by atoms with Gasteiger partial charge >= 0.3 is 6.03 Å². The monoisotopic (exact) mass is 1330 g/mol. The van der Waals surface area contributed by atoms with Crippen LogP contribution in [0.2, 0.25) is 0 Å². The van der Waals surface area contributed by atoms with E-state index in [1.807, 2.05) is 90.9 Å². The summed E-state index contributed by atoms with van der Waals surface area (Å²) in [6.07, 6.45) is 1.57. The van der Waals surface area contributed by atoms with E-state index >= 15 is 0 Å². The summed E-state index contributed by atoms with van der Waals surface area (Å²) in [4.78, 5) is 156. The van der Waals surface area contributed by atoms with E-state index in [4.69, 9.17) is 15.2 Å². The summed E-state index contributed by atoms with van der Waals surface area (Å²) in [5, 5.41) is 22.4. The quantitative estimate of drug-likeness (QED) is 0.0438. The van der Waals surface area contributed by atoms with Gasteiger partial charge in [-0.3, -0.25) is 52.8 Å². The normalized spacial score (nSPS) is 17.4. The summed E-state index contributed by atoms with van der Waals surface area (Å²) in [5.74, 6) is -5.50. The molecule has 11 atom stereocenters. The molecule has 2 aromatic carbocycles. The Kier molecular flexibility index (Phi) is 33.0. The molecule has 0 unspecified atom stereocenters. The van der Waals surface area contributed by atoms with Crippen LogP contribution >= 0.6 is 0 Å². The lowest BCUT2D eigenvalue weighted by atomic mass is 9.89. The first-order valence-electron chi connectivity index (χ1n) is 33.7. The van der Waals surface area contributed by atoms with Gasteiger partial charge in [0.25, 0.3) is 0 Å². The number of methoxy groups -OCH3 is 2. The van der Waals surface area contributed by atoms with Gasteiger partial charge in [0.15, 0.2) is 0 Å². The zero-order chi connectivity index (χ0) is 70.8. The van der Waals surface area contributed by atoms with Crippen molar-refractivity contribution >= 4 is 70.8 Å². The summed E-state index contributed by atoms with van der Waals surface area (Å²) >= 11 is 0. The number of carbonyl (C=O) groups excluding carboxylic acids is 11. The lowest BCUT2D eigenvalue weighted by Crippen LogP contribution is -2.59. The number of hydrogen-bond donors (Lipinski definition) is 9. The standard InChI is InChI=1S/C69H111N13O13/c1-16-44(8)60(80(13)68(92)58(42(4)5)78-67(91)59(43(6)7)79(11)12)53(94-14)39-56(85)82-35-21-25-52(82)61(95-15)45(9)62(86)76-51(38-46-22-18-17-19-23-46)64(88)73-40-47-26-28-49(29-27-47)74-65(89)50(24-20-34-72-69(70)93)75-66(90)57(41(2)3)77-54(83)30-31-55(84)81-36-32-48(33-37-81)63(87)71-10/h17-19,22-23,26-29,41-45,48,50-53,57-61H,16,20-21,24-25,30-40H2,1-15H3,(H,71,87)(H,73,88)(H,74,89)(H,75,90)(H,76,86)(H,77,83)(H,78,91)(H3,70,72,93)/t44-,45+,50-,51-,52-,53+,57-,58-,59-,60-,61+/m0/s1. The van der Waals surface area contributed by atoms with E-state index in [-0.39, 0.29) is 105 Å². The van der Waals surface area contributed by atoms with Gasteiger partial charge in [0.1, 0.15) is 24.2 Å². The SMILES string of the molecule is CC[C@H](C)[C@@H]([C@@H](CC(=O)N1CCC[C@H]1[C@H](OC)[C@@H](C)C(=O)N[C@@H](Cc1ccccc1)C(=O)NCc1ccc(NC(=O)[C@H](CCCNC(N)=O)NC(=O)[C@@H](NC(=O)CCC(=O)N2CCC(C(=O)NC)CC2)C(C)C)cc1)OC)N(C)C(=O)[C@@H](NC(=O)[C@H](C(C)C)N(C)C)C(C)C. The number of nitrogens with zero attached hydrogens (tertiary/aromatic N) is 4. The van der Waals surface area contributed by atoms with Crippen LogP contribution in [0.15, 0.2) is 54.6 Å². The van der Waals surface area contributed by atoms with Gasteiger partial charge in [0, 0.05) is 91.9 Å². The fraction of sp³-hybridized carbons (Fsp3) is 0.667. The second kappa shape index (κ2) is 39.4. The number of primary amides is 1. The average Bonchev–Trinajstić information content (AvgIpc) is 1.32. The molecule has 2 fully saturated rings. The van der Waals surface area contributed by atoms with Crippen LogP contribution in [0.5, 0.6) is 0 Å². The maximum absolute atomic E-state index is 14.6. The Balaban J connectivity index is 1.43. The largest absolute Gasteiger partial charge is 0.379 e. The van der Waals surface area contributed by atoms with Crippen molar-refractivity contribution in [3.8, 4) is 0 Å². The van der Waals surface area contributed by atoms with Crippen molar-refractivity contribution in [1.82, 2.24) is 56.8 Å². The Morgan fingerprint density at radius 3 is 1.84 bits per heavy atom. The van der Waals surface area contributed by atoms with Crippen molar-refractivity contribution in [1.29, 1.82) is 0 Å². The first-order chi connectivity index (χ1) is 45.0. The van der Waals surface area contributed by atoms with Gasteiger partial charge in [0.05, 0.1) is 42.7 Å². The molecule has 0 bridgehead atoms. The van der Waals surface area contributed by atoms with Crippen molar-refractivity contribution in [3.63, 3.8) is 0 Å². The maximum Gasteiger partial charge on any atom is 0.312 e. The van der Waals surface area contributed by atoms with Crippen LogP contribution in [0, 0.1) is 35.5 Å². The molecule has 0 aliphatic carbocycles. The van der Waals surface area contributed by atoms with E-state index in [2.05, 4.69) is 42.5 Å². The van der Waals surface area contributed by atoms with Gasteiger partial charge in [-0.25, -0.2) is 4.79 Å². The van der Waals surface area contributed by atoms with Gasteiger partial charge in [0.2, 0.25) is 59.1 Å². The first kappa shape index (κ1) is 79.7. The molecule has 2 heterocycles. The lowest BCUT2D eigenvalue weighted by Gasteiger charge is -2.41. The molecule has 2 aromatic rings. The Labute approximate surface area is 562 Å². The number of likely N-dealkylation sites (tertiary alicyclic amines) is 2. The van der Waals surface area contributed by atoms with Gasteiger partial charge in [-0.2, -0.15) is 0 Å². The Morgan fingerprint density at radius 1 is 0.653 bits per heavy atom. The smallest absolute Gasteiger partial charge is 0.312 e. The minimum atomic E-state index is -1.13. The van der Waals surface area contributed by atoms with E-state index in [0.29, 0.717) is 63.0 Å². The van der Waals surface area contributed by atoms with Crippen LogP contribution in [-0.4, -0.2) is 208 Å². The number of amides is 12. The van der Waals surface area contributed by atoms with E-state index < -0.39 is 102 Å². The van der Waals surface area contributed by atoms with Crippen LogP contribution in [0.1, 0.15) is 138 Å². The van der Waals surface area contributed by atoms with Crippen molar-refractivity contribution < 1.29 is 62.2 Å². The van der Waals surface area contributed by atoms with Crippen LogP contribution in [-0.2, 0) is 70.4 Å². The summed E-state index contributed by atoms with van der Waals surface area (Å²) in [7, 11) is 9.97. The number of ether oxygens (including phenoxy) is 2. The van der Waals surface area contributed by atoms with Crippen LogP contribution < -0.4 is 48.3 Å². The van der Waals surface area contributed by atoms with E-state index in [0.717, 1.165) is 5.56 Å². The second-order valence-electron chi connectivity index (χ2n) is 26.7. The van der Waals surface area contributed by atoms with E-state index in [1.165, 1.54) is 14.2 Å². The molecular formula is C69H111N13O13. The molecular weight excluding hydrogens is 1220 g/mol. The van der Waals surface area contributed by atoms with E-state index in [1.54, 1.807) is 73.8 Å². The number of hydrogen-bond acceptors (Lipinski definition) is 14. The molecule has 530 valence electrons. The van der Waals surface area contributed by atoms with Crippen molar-refractivity contribution in [2.24, 2.45) is 41.2 Å². The highest BCUT2D eigenvalue weighted by molar-refractivity contribution is 5.99.